The fourth-order valence-corrected chi connectivity index (χ4v) is 3.00. The minimum atomic E-state index is 0.513. The first-order chi connectivity index (χ1) is 11.7. The molecule has 4 rings (SSSR count). The van der Waals surface area contributed by atoms with E-state index in [2.05, 4.69) is 17.3 Å². The Hall–Kier alpha value is -2.39. The molecule has 0 aliphatic carbocycles. The van der Waals surface area contributed by atoms with Gasteiger partial charge in [0.1, 0.15) is 11.5 Å². The molecule has 122 valence electrons. The number of rotatable bonds is 1. The summed E-state index contributed by atoms with van der Waals surface area (Å²) in [5.74, 6) is 0.829. The van der Waals surface area contributed by atoms with Gasteiger partial charge in [0.15, 0.2) is 0 Å². The van der Waals surface area contributed by atoms with Crippen LogP contribution in [0.15, 0.2) is 58.0 Å². The number of aromatic nitrogens is 1. The third kappa shape index (κ3) is 2.87. The molecule has 3 nitrogen and oxygen atoms in total. The fraction of sp³-hybridized carbons (Fsp3) is 0.200. The van der Waals surface area contributed by atoms with E-state index in [1.807, 2.05) is 57.2 Å². The molecule has 0 saturated heterocycles. The molecule has 0 spiro atoms. The highest BCUT2D eigenvalue weighted by Crippen LogP contribution is 2.34. The van der Waals surface area contributed by atoms with E-state index in [1.165, 1.54) is 0 Å². The van der Waals surface area contributed by atoms with E-state index in [9.17, 15) is 0 Å². The van der Waals surface area contributed by atoms with Crippen molar-refractivity contribution in [1.82, 2.24) is 5.16 Å². The van der Waals surface area contributed by atoms with Gasteiger partial charge in [-0.05, 0) is 24.6 Å². The predicted molar refractivity (Wildman–Crippen MR) is 98.8 cm³/mol. The van der Waals surface area contributed by atoms with Gasteiger partial charge in [0, 0.05) is 16.1 Å². The Kier molecular flexibility index (Phi) is 4.81. The van der Waals surface area contributed by atoms with Crippen LogP contribution in [0.5, 0.6) is 0 Å². The Balaban J connectivity index is 0.000000815. The molecule has 0 saturated carbocycles. The number of hydrogen-bond acceptors (Lipinski definition) is 3. The van der Waals surface area contributed by atoms with Gasteiger partial charge in [-0.3, -0.25) is 4.99 Å². The number of benzene rings is 2. The molecule has 2 aromatic carbocycles. The molecule has 1 aliphatic heterocycles. The van der Waals surface area contributed by atoms with E-state index in [4.69, 9.17) is 21.1 Å². The monoisotopic (exact) mass is 338 g/mol. The van der Waals surface area contributed by atoms with Crippen LogP contribution in [-0.4, -0.2) is 10.9 Å². The molecule has 1 aliphatic rings. The first-order valence-electron chi connectivity index (χ1n) is 8.09. The Labute approximate surface area is 147 Å². The van der Waals surface area contributed by atoms with E-state index >= 15 is 0 Å². The summed E-state index contributed by atoms with van der Waals surface area (Å²) in [7, 11) is 0. The highest BCUT2D eigenvalue weighted by atomic mass is 35.5. The lowest BCUT2D eigenvalue weighted by Gasteiger charge is -2.10. The molecule has 4 heteroatoms. The van der Waals surface area contributed by atoms with Crippen LogP contribution in [0.3, 0.4) is 0 Å². The Bertz CT molecular complexity index is 879. The van der Waals surface area contributed by atoms with Crippen molar-refractivity contribution in [2.24, 2.45) is 4.99 Å². The molecule has 2 heterocycles. The SMILES string of the molecule is CC.Cc1onc2c1-c1ccccc1C(c1ccc(Cl)cc1)=NC2. The van der Waals surface area contributed by atoms with Crippen molar-refractivity contribution >= 4 is 17.3 Å². The summed E-state index contributed by atoms with van der Waals surface area (Å²) >= 11 is 6.00. The summed E-state index contributed by atoms with van der Waals surface area (Å²) in [6.07, 6.45) is 0. The second-order valence-electron chi connectivity index (χ2n) is 5.28. The van der Waals surface area contributed by atoms with Gasteiger partial charge in [0.25, 0.3) is 0 Å². The van der Waals surface area contributed by atoms with Crippen LogP contribution in [0, 0.1) is 6.92 Å². The quantitative estimate of drug-likeness (QED) is 0.572. The third-order valence-corrected chi connectivity index (χ3v) is 4.14. The number of fused-ring (bicyclic) bond motifs is 3. The van der Waals surface area contributed by atoms with Crippen molar-refractivity contribution in [3.05, 3.63) is 76.1 Å². The Morgan fingerprint density at radius 1 is 0.958 bits per heavy atom. The molecular weight excluding hydrogens is 320 g/mol. The van der Waals surface area contributed by atoms with Crippen LogP contribution in [0.4, 0.5) is 0 Å². The van der Waals surface area contributed by atoms with E-state index in [0.29, 0.717) is 6.54 Å². The van der Waals surface area contributed by atoms with Crippen molar-refractivity contribution in [2.45, 2.75) is 27.3 Å². The van der Waals surface area contributed by atoms with Crippen LogP contribution in [0.1, 0.15) is 36.4 Å². The minimum Gasteiger partial charge on any atom is -0.361 e. The number of halogens is 1. The van der Waals surface area contributed by atoms with E-state index in [1.54, 1.807) is 0 Å². The summed E-state index contributed by atoms with van der Waals surface area (Å²) in [5, 5.41) is 4.88. The summed E-state index contributed by atoms with van der Waals surface area (Å²) < 4.78 is 5.35. The summed E-state index contributed by atoms with van der Waals surface area (Å²) in [6.45, 7) is 6.45. The fourth-order valence-electron chi connectivity index (χ4n) is 2.87. The smallest absolute Gasteiger partial charge is 0.141 e. The van der Waals surface area contributed by atoms with Crippen LogP contribution in [-0.2, 0) is 6.54 Å². The van der Waals surface area contributed by atoms with Crippen molar-refractivity contribution in [1.29, 1.82) is 0 Å². The van der Waals surface area contributed by atoms with Crippen LogP contribution in [0.2, 0.25) is 5.02 Å². The van der Waals surface area contributed by atoms with E-state index in [0.717, 1.165) is 44.4 Å². The summed E-state index contributed by atoms with van der Waals surface area (Å²) in [4.78, 5) is 4.77. The van der Waals surface area contributed by atoms with Gasteiger partial charge in [-0.2, -0.15) is 0 Å². The zero-order valence-corrected chi connectivity index (χ0v) is 14.8. The molecule has 3 aromatic rings. The molecule has 0 fully saturated rings. The molecular formula is C20H19ClN2O. The van der Waals surface area contributed by atoms with Crippen molar-refractivity contribution in [3.8, 4) is 11.1 Å². The highest BCUT2D eigenvalue weighted by Gasteiger charge is 2.23. The molecule has 0 bridgehead atoms. The lowest BCUT2D eigenvalue weighted by atomic mass is 9.93. The van der Waals surface area contributed by atoms with Crippen LogP contribution < -0.4 is 0 Å². The second kappa shape index (κ2) is 7.02. The standard InChI is InChI=1S/C18H13ClN2O.C2H6/c1-11-17-14-4-2-3-5-15(14)18(20-10-16(17)21-22-11)12-6-8-13(19)9-7-12;1-2/h2-9H,10H2,1H3;1-2H3. The lowest BCUT2D eigenvalue weighted by Crippen LogP contribution is -2.04. The average Bonchev–Trinajstić information content (AvgIpc) is 2.90. The zero-order chi connectivity index (χ0) is 17.1. The largest absolute Gasteiger partial charge is 0.361 e. The van der Waals surface area contributed by atoms with Gasteiger partial charge in [0.05, 0.1) is 17.8 Å². The summed E-state index contributed by atoms with van der Waals surface area (Å²) in [6, 6.07) is 16.0. The molecule has 0 N–H and O–H groups in total. The van der Waals surface area contributed by atoms with Crippen molar-refractivity contribution < 1.29 is 4.52 Å². The topological polar surface area (TPSA) is 38.4 Å². The Morgan fingerprint density at radius 3 is 2.33 bits per heavy atom. The molecule has 0 amide bonds. The van der Waals surface area contributed by atoms with Gasteiger partial charge in [-0.1, -0.05) is 67.0 Å². The number of nitrogens with zero attached hydrogens (tertiary/aromatic N) is 2. The molecule has 1 aromatic heterocycles. The molecule has 0 unspecified atom stereocenters. The maximum Gasteiger partial charge on any atom is 0.141 e. The predicted octanol–water partition coefficient (Wildman–Crippen LogP) is 5.68. The second-order valence-corrected chi connectivity index (χ2v) is 5.71. The third-order valence-electron chi connectivity index (χ3n) is 3.89. The minimum absolute atomic E-state index is 0.513. The average molecular weight is 339 g/mol. The summed E-state index contributed by atoms with van der Waals surface area (Å²) in [5.41, 5.74) is 6.16. The molecule has 0 atom stereocenters. The number of aliphatic imine (C=N–C) groups is 1. The van der Waals surface area contributed by atoms with Crippen molar-refractivity contribution in [2.75, 3.05) is 0 Å². The molecule has 0 radical (unpaired) electrons. The maximum absolute atomic E-state index is 6.00. The van der Waals surface area contributed by atoms with Crippen LogP contribution in [0.25, 0.3) is 11.1 Å². The maximum atomic E-state index is 6.00. The van der Waals surface area contributed by atoms with Gasteiger partial charge in [0.2, 0.25) is 0 Å². The number of hydrogen-bond donors (Lipinski definition) is 0. The van der Waals surface area contributed by atoms with Gasteiger partial charge in [-0.25, -0.2) is 0 Å². The van der Waals surface area contributed by atoms with Crippen molar-refractivity contribution in [3.63, 3.8) is 0 Å². The number of aryl methyl sites for hydroxylation is 1. The van der Waals surface area contributed by atoms with E-state index in [-0.39, 0.29) is 0 Å². The first kappa shape index (κ1) is 16.5. The van der Waals surface area contributed by atoms with E-state index < -0.39 is 0 Å². The highest BCUT2D eigenvalue weighted by molar-refractivity contribution is 6.30. The zero-order valence-electron chi connectivity index (χ0n) is 14.0. The normalized spacial score (nSPS) is 12.2. The lowest BCUT2D eigenvalue weighted by molar-refractivity contribution is 0.391. The van der Waals surface area contributed by atoms with Gasteiger partial charge >= 0.3 is 0 Å². The molecule has 24 heavy (non-hydrogen) atoms. The van der Waals surface area contributed by atoms with Crippen LogP contribution >= 0.6 is 11.6 Å². The Morgan fingerprint density at radius 2 is 1.62 bits per heavy atom. The first-order valence-corrected chi connectivity index (χ1v) is 8.47. The van der Waals surface area contributed by atoms with Gasteiger partial charge < -0.3 is 4.52 Å². The van der Waals surface area contributed by atoms with Gasteiger partial charge in [-0.15, -0.1) is 0 Å².